The molecule has 3 heteroatoms. The number of hydrogen-bond donors (Lipinski definition) is 0. The Bertz CT molecular complexity index is 746. The molecule has 1 fully saturated rings. The summed E-state index contributed by atoms with van der Waals surface area (Å²) in [5, 5.41) is 0. The molecule has 0 unspecified atom stereocenters. The molecule has 0 saturated carbocycles. The van der Waals surface area contributed by atoms with Crippen molar-refractivity contribution < 1.29 is 4.39 Å². The highest BCUT2D eigenvalue weighted by Crippen LogP contribution is 2.35. The number of rotatable bonds is 2. The van der Waals surface area contributed by atoms with Crippen LogP contribution in [-0.2, 0) is 12.8 Å². The second-order valence-electron chi connectivity index (χ2n) is 8.02. The lowest BCUT2D eigenvalue weighted by molar-refractivity contribution is 0.253. The van der Waals surface area contributed by atoms with Gasteiger partial charge in [-0.15, -0.1) is 0 Å². The van der Waals surface area contributed by atoms with Gasteiger partial charge < -0.3 is 4.90 Å². The number of hydrogen-bond acceptors (Lipinski definition) is 2. The fourth-order valence-corrected chi connectivity index (χ4v) is 4.48. The minimum absolute atomic E-state index is 0.166. The fraction of sp³-hybridized carbons (Fsp3) is 0.522. The fourth-order valence-electron chi connectivity index (χ4n) is 4.48. The highest BCUT2D eigenvalue weighted by Gasteiger charge is 2.23. The van der Waals surface area contributed by atoms with Crippen molar-refractivity contribution in [2.75, 3.05) is 20.1 Å². The molecule has 1 aliphatic carbocycles. The molecule has 2 heterocycles. The highest BCUT2D eigenvalue weighted by molar-refractivity contribution is 5.69. The largest absolute Gasteiger partial charge is 0.306 e. The van der Waals surface area contributed by atoms with Gasteiger partial charge in [-0.05, 0) is 93.6 Å². The molecule has 1 saturated heterocycles. The first-order valence-electron chi connectivity index (χ1n) is 10.2. The number of piperidine rings is 1. The molecular weight excluding hydrogens is 323 g/mol. The van der Waals surface area contributed by atoms with Crippen molar-refractivity contribution in [3.63, 3.8) is 0 Å². The number of likely N-dealkylation sites (tertiary alicyclic amines) is 1. The molecule has 0 atom stereocenters. The first-order chi connectivity index (χ1) is 12.7. The summed E-state index contributed by atoms with van der Waals surface area (Å²) >= 11 is 0. The van der Waals surface area contributed by atoms with E-state index in [1.54, 1.807) is 12.1 Å². The van der Waals surface area contributed by atoms with Crippen molar-refractivity contribution in [3.05, 3.63) is 53.1 Å². The minimum Gasteiger partial charge on any atom is -0.306 e. The molecule has 26 heavy (non-hydrogen) atoms. The van der Waals surface area contributed by atoms with Gasteiger partial charge in [-0.25, -0.2) is 4.39 Å². The number of benzene rings is 1. The van der Waals surface area contributed by atoms with Crippen molar-refractivity contribution in [1.82, 2.24) is 9.88 Å². The number of nitrogens with zero attached hydrogens (tertiary/aromatic N) is 2. The van der Waals surface area contributed by atoms with Crippen LogP contribution >= 0.6 is 0 Å². The number of aryl methyl sites for hydroxylation is 1. The van der Waals surface area contributed by atoms with Crippen LogP contribution in [0.15, 0.2) is 30.3 Å². The normalized spacial score (nSPS) is 19.6. The smallest absolute Gasteiger partial charge is 0.123 e. The van der Waals surface area contributed by atoms with Gasteiger partial charge in [0.25, 0.3) is 0 Å². The molecular formula is C23H29FN2. The molecule has 1 aromatic carbocycles. The van der Waals surface area contributed by atoms with Crippen LogP contribution in [0, 0.1) is 5.82 Å². The van der Waals surface area contributed by atoms with E-state index in [2.05, 4.69) is 18.0 Å². The van der Waals surface area contributed by atoms with Crippen LogP contribution in [-0.4, -0.2) is 30.0 Å². The molecule has 0 amide bonds. The predicted molar refractivity (Wildman–Crippen MR) is 105 cm³/mol. The van der Waals surface area contributed by atoms with E-state index >= 15 is 0 Å². The third kappa shape index (κ3) is 3.83. The van der Waals surface area contributed by atoms with E-state index in [1.807, 2.05) is 12.1 Å². The van der Waals surface area contributed by atoms with E-state index in [0.29, 0.717) is 5.92 Å². The van der Waals surface area contributed by atoms with Gasteiger partial charge in [0, 0.05) is 17.3 Å². The molecule has 138 valence electrons. The summed E-state index contributed by atoms with van der Waals surface area (Å²) in [6.07, 6.45) is 9.64. The zero-order valence-electron chi connectivity index (χ0n) is 15.8. The van der Waals surface area contributed by atoms with E-state index in [4.69, 9.17) is 4.98 Å². The minimum atomic E-state index is -0.166. The number of aromatic nitrogens is 1. The molecule has 2 aromatic rings. The molecule has 0 spiro atoms. The summed E-state index contributed by atoms with van der Waals surface area (Å²) in [5.74, 6) is 0.391. The average Bonchev–Trinajstić information content (AvgIpc) is 2.63. The first kappa shape index (κ1) is 17.7. The summed E-state index contributed by atoms with van der Waals surface area (Å²) < 4.78 is 13.4. The van der Waals surface area contributed by atoms with Gasteiger partial charge in [-0.2, -0.15) is 0 Å². The second kappa shape index (κ2) is 7.87. The van der Waals surface area contributed by atoms with Crippen LogP contribution in [0.2, 0.25) is 0 Å². The lowest BCUT2D eigenvalue weighted by Crippen LogP contribution is -2.29. The number of fused-ring (bicyclic) bond motifs is 1. The zero-order chi connectivity index (χ0) is 17.9. The SMILES string of the molecule is CN1CCC(c2cc(-c3ccc(F)cc3)c3c(n2)CCCCCC3)CC1. The van der Waals surface area contributed by atoms with Crippen molar-refractivity contribution in [2.24, 2.45) is 0 Å². The van der Waals surface area contributed by atoms with Gasteiger partial charge >= 0.3 is 0 Å². The molecule has 4 rings (SSSR count). The van der Waals surface area contributed by atoms with Crippen LogP contribution < -0.4 is 0 Å². The van der Waals surface area contributed by atoms with Crippen molar-refractivity contribution >= 4 is 0 Å². The van der Waals surface area contributed by atoms with Crippen LogP contribution in [0.4, 0.5) is 4.39 Å². The van der Waals surface area contributed by atoms with Crippen LogP contribution in [0.5, 0.6) is 0 Å². The van der Waals surface area contributed by atoms with Crippen LogP contribution in [0.25, 0.3) is 11.1 Å². The third-order valence-electron chi connectivity index (χ3n) is 6.11. The highest BCUT2D eigenvalue weighted by atomic mass is 19.1. The van der Waals surface area contributed by atoms with E-state index in [9.17, 15) is 4.39 Å². The molecule has 1 aromatic heterocycles. The van der Waals surface area contributed by atoms with E-state index in [0.717, 1.165) is 31.5 Å². The topological polar surface area (TPSA) is 16.1 Å². The van der Waals surface area contributed by atoms with Crippen molar-refractivity contribution in [2.45, 2.75) is 57.3 Å². The number of halogens is 1. The summed E-state index contributed by atoms with van der Waals surface area (Å²) in [5.41, 5.74) is 6.41. The molecule has 1 aliphatic heterocycles. The quantitative estimate of drug-likeness (QED) is 0.724. The van der Waals surface area contributed by atoms with E-state index in [1.165, 1.54) is 61.0 Å². The summed E-state index contributed by atoms with van der Waals surface area (Å²) in [6, 6.07) is 9.36. The standard InChI is InChI=1S/C23H29FN2/c1-26-14-12-18(13-15-26)23-16-21(17-8-10-19(24)11-9-17)20-6-4-2-3-5-7-22(20)25-23/h8-11,16,18H,2-7,12-15H2,1H3. The van der Waals surface area contributed by atoms with Gasteiger partial charge in [-0.1, -0.05) is 25.0 Å². The Morgan fingerprint density at radius 1 is 0.962 bits per heavy atom. The van der Waals surface area contributed by atoms with Crippen LogP contribution in [0.3, 0.4) is 0 Å². The van der Waals surface area contributed by atoms with Crippen LogP contribution in [0.1, 0.15) is 61.4 Å². The molecule has 2 aliphatic rings. The molecule has 0 radical (unpaired) electrons. The Kier molecular flexibility index (Phi) is 5.35. The Morgan fingerprint density at radius 2 is 1.65 bits per heavy atom. The summed E-state index contributed by atoms with van der Waals surface area (Å²) in [4.78, 5) is 7.58. The first-order valence-corrected chi connectivity index (χ1v) is 10.2. The Labute approximate surface area is 156 Å². The number of pyridine rings is 1. The monoisotopic (exact) mass is 352 g/mol. The van der Waals surface area contributed by atoms with Gasteiger partial charge in [-0.3, -0.25) is 4.98 Å². The second-order valence-corrected chi connectivity index (χ2v) is 8.02. The lowest BCUT2D eigenvalue weighted by atomic mass is 9.86. The predicted octanol–water partition coefficient (Wildman–Crippen LogP) is 5.36. The van der Waals surface area contributed by atoms with Crippen molar-refractivity contribution in [1.29, 1.82) is 0 Å². The third-order valence-corrected chi connectivity index (χ3v) is 6.11. The lowest BCUT2D eigenvalue weighted by Gasteiger charge is -2.30. The molecule has 2 nitrogen and oxygen atoms in total. The van der Waals surface area contributed by atoms with Gasteiger partial charge in [0.2, 0.25) is 0 Å². The average molecular weight is 352 g/mol. The maximum Gasteiger partial charge on any atom is 0.123 e. The summed E-state index contributed by atoms with van der Waals surface area (Å²) in [7, 11) is 2.20. The van der Waals surface area contributed by atoms with Gasteiger partial charge in [0.1, 0.15) is 5.82 Å². The van der Waals surface area contributed by atoms with E-state index in [-0.39, 0.29) is 5.82 Å². The Balaban J connectivity index is 1.77. The molecule has 0 bridgehead atoms. The van der Waals surface area contributed by atoms with E-state index < -0.39 is 0 Å². The Hall–Kier alpha value is -1.74. The Morgan fingerprint density at radius 3 is 2.38 bits per heavy atom. The van der Waals surface area contributed by atoms with Gasteiger partial charge in [0.05, 0.1) is 0 Å². The maximum atomic E-state index is 13.4. The summed E-state index contributed by atoms with van der Waals surface area (Å²) in [6.45, 7) is 2.30. The maximum absolute atomic E-state index is 13.4. The van der Waals surface area contributed by atoms with Gasteiger partial charge in [0.15, 0.2) is 0 Å². The van der Waals surface area contributed by atoms with Crippen molar-refractivity contribution in [3.8, 4) is 11.1 Å². The zero-order valence-corrected chi connectivity index (χ0v) is 15.8. The molecule has 0 N–H and O–H groups in total.